The van der Waals surface area contributed by atoms with Gasteiger partial charge in [-0.15, -0.1) is 0 Å². The first kappa shape index (κ1) is 16.5. The fourth-order valence-corrected chi connectivity index (χ4v) is 4.07. The van der Waals surface area contributed by atoms with Gasteiger partial charge in [-0.1, -0.05) is 52.3 Å². The lowest BCUT2D eigenvalue weighted by atomic mass is 9.64. The van der Waals surface area contributed by atoms with Crippen molar-refractivity contribution in [2.24, 2.45) is 17.3 Å². The molecule has 3 atom stereocenters. The van der Waals surface area contributed by atoms with Gasteiger partial charge in [0.2, 0.25) is 0 Å². The van der Waals surface area contributed by atoms with Gasteiger partial charge in [-0.3, -0.25) is 0 Å². The van der Waals surface area contributed by atoms with E-state index in [1.165, 1.54) is 19.3 Å². The monoisotopic (exact) mass is 291 g/mol. The van der Waals surface area contributed by atoms with Gasteiger partial charge in [0.15, 0.2) is 0 Å². The molecule has 0 aliphatic heterocycles. The average Bonchev–Trinajstić information content (AvgIpc) is 2.41. The fourth-order valence-electron chi connectivity index (χ4n) is 4.07. The van der Waals surface area contributed by atoms with Gasteiger partial charge in [-0.2, -0.15) is 0 Å². The number of nitrogens with one attached hydrogen (secondary N) is 1. The van der Waals surface area contributed by atoms with E-state index in [0.29, 0.717) is 12.0 Å². The molecular weight excluding hydrogens is 261 g/mol. The average molecular weight is 291 g/mol. The third-order valence-corrected chi connectivity index (χ3v) is 5.19. The molecule has 0 radical (unpaired) electrons. The van der Waals surface area contributed by atoms with Crippen LogP contribution in [0.4, 0.5) is 4.39 Å². The highest BCUT2D eigenvalue weighted by Gasteiger charge is 2.38. The largest absolute Gasteiger partial charge is 0.314 e. The normalized spacial score (nSPS) is 26.8. The predicted octanol–water partition coefficient (Wildman–Crippen LogP) is 4.81. The van der Waals surface area contributed by atoms with Crippen molar-refractivity contribution in [1.82, 2.24) is 5.32 Å². The molecule has 21 heavy (non-hydrogen) atoms. The molecule has 3 unspecified atom stereocenters. The molecule has 1 aromatic carbocycles. The zero-order chi connectivity index (χ0) is 15.5. The smallest absolute Gasteiger partial charge is 0.126 e. The molecule has 118 valence electrons. The second-order valence-corrected chi connectivity index (χ2v) is 7.45. The first-order valence-electron chi connectivity index (χ1n) is 8.41. The van der Waals surface area contributed by atoms with E-state index >= 15 is 0 Å². The Hall–Kier alpha value is -0.890. The Kier molecular flexibility index (Phi) is 5.43. The van der Waals surface area contributed by atoms with Crippen LogP contribution < -0.4 is 5.32 Å². The molecule has 0 amide bonds. The Morgan fingerprint density at radius 3 is 2.62 bits per heavy atom. The van der Waals surface area contributed by atoms with Gasteiger partial charge in [-0.25, -0.2) is 4.39 Å². The molecule has 2 rings (SSSR count). The maximum Gasteiger partial charge on any atom is 0.126 e. The summed E-state index contributed by atoms with van der Waals surface area (Å²) in [6.45, 7) is 10.2. The van der Waals surface area contributed by atoms with Crippen LogP contribution in [-0.4, -0.2) is 12.6 Å². The lowest BCUT2D eigenvalue weighted by Crippen LogP contribution is -2.47. The summed E-state index contributed by atoms with van der Waals surface area (Å²) in [5, 5.41) is 3.68. The van der Waals surface area contributed by atoms with Gasteiger partial charge < -0.3 is 5.32 Å². The molecule has 2 heteroatoms. The quantitative estimate of drug-likeness (QED) is 0.821. The summed E-state index contributed by atoms with van der Waals surface area (Å²) in [5.74, 6) is 1.36. The Morgan fingerprint density at radius 1 is 1.24 bits per heavy atom. The van der Waals surface area contributed by atoms with Crippen LogP contribution in [0.25, 0.3) is 0 Å². The van der Waals surface area contributed by atoms with Crippen LogP contribution in [0.5, 0.6) is 0 Å². The minimum atomic E-state index is -0.0604. The van der Waals surface area contributed by atoms with Crippen molar-refractivity contribution < 1.29 is 4.39 Å². The molecule has 1 aromatic rings. The van der Waals surface area contributed by atoms with Gasteiger partial charge in [0, 0.05) is 6.04 Å². The van der Waals surface area contributed by atoms with Crippen molar-refractivity contribution in [1.29, 1.82) is 0 Å². The van der Waals surface area contributed by atoms with Crippen LogP contribution in [0.3, 0.4) is 0 Å². The summed E-state index contributed by atoms with van der Waals surface area (Å²) in [6.07, 6.45) is 4.62. The van der Waals surface area contributed by atoms with Crippen LogP contribution in [0.2, 0.25) is 0 Å². The van der Waals surface area contributed by atoms with Crippen molar-refractivity contribution in [3.8, 4) is 0 Å². The van der Waals surface area contributed by atoms with Crippen molar-refractivity contribution in [3.63, 3.8) is 0 Å². The summed E-state index contributed by atoms with van der Waals surface area (Å²) in [7, 11) is 0. The Labute approximate surface area is 129 Å². The van der Waals surface area contributed by atoms with E-state index in [-0.39, 0.29) is 11.2 Å². The van der Waals surface area contributed by atoms with E-state index in [9.17, 15) is 4.39 Å². The molecule has 1 saturated carbocycles. The summed E-state index contributed by atoms with van der Waals surface area (Å²) in [5.41, 5.74) is 0.978. The summed E-state index contributed by atoms with van der Waals surface area (Å²) >= 11 is 0. The summed E-state index contributed by atoms with van der Waals surface area (Å²) in [4.78, 5) is 0. The van der Waals surface area contributed by atoms with Crippen LogP contribution in [0.15, 0.2) is 24.3 Å². The highest BCUT2D eigenvalue weighted by Crippen LogP contribution is 2.42. The topological polar surface area (TPSA) is 12.0 Å². The molecule has 1 fully saturated rings. The third kappa shape index (κ3) is 4.06. The van der Waals surface area contributed by atoms with Crippen LogP contribution >= 0.6 is 0 Å². The molecule has 0 saturated heterocycles. The lowest BCUT2D eigenvalue weighted by Gasteiger charge is -2.45. The van der Waals surface area contributed by atoms with E-state index < -0.39 is 0 Å². The van der Waals surface area contributed by atoms with Gasteiger partial charge in [-0.05, 0) is 54.7 Å². The highest BCUT2D eigenvalue weighted by atomic mass is 19.1. The molecule has 1 aliphatic rings. The first-order valence-corrected chi connectivity index (χ1v) is 8.41. The van der Waals surface area contributed by atoms with Crippen LogP contribution in [-0.2, 0) is 6.42 Å². The van der Waals surface area contributed by atoms with Gasteiger partial charge in [0.05, 0.1) is 0 Å². The minimum absolute atomic E-state index is 0.0604. The number of hydrogen-bond acceptors (Lipinski definition) is 1. The van der Waals surface area contributed by atoms with Gasteiger partial charge in [0.25, 0.3) is 0 Å². The van der Waals surface area contributed by atoms with E-state index in [4.69, 9.17) is 0 Å². The minimum Gasteiger partial charge on any atom is -0.314 e. The third-order valence-electron chi connectivity index (χ3n) is 5.19. The zero-order valence-electron chi connectivity index (χ0n) is 14.0. The van der Waals surface area contributed by atoms with Crippen molar-refractivity contribution in [3.05, 3.63) is 35.6 Å². The van der Waals surface area contributed by atoms with Crippen LogP contribution in [0, 0.1) is 23.1 Å². The molecule has 0 spiro atoms. The maximum atomic E-state index is 14.0. The SMILES string of the molecule is CCNC1CC(C)CCC1C(C)(C)Cc1ccccc1F. The van der Waals surface area contributed by atoms with Crippen molar-refractivity contribution >= 4 is 0 Å². The molecule has 0 heterocycles. The molecule has 1 nitrogen and oxygen atoms in total. The van der Waals surface area contributed by atoms with E-state index in [2.05, 4.69) is 33.0 Å². The van der Waals surface area contributed by atoms with Crippen molar-refractivity contribution in [2.45, 2.75) is 59.4 Å². The molecule has 1 aliphatic carbocycles. The maximum absolute atomic E-state index is 14.0. The van der Waals surface area contributed by atoms with E-state index in [1.54, 1.807) is 12.1 Å². The molecule has 0 aromatic heterocycles. The van der Waals surface area contributed by atoms with Crippen molar-refractivity contribution in [2.75, 3.05) is 6.54 Å². The Morgan fingerprint density at radius 2 is 1.95 bits per heavy atom. The second kappa shape index (κ2) is 6.91. The second-order valence-electron chi connectivity index (χ2n) is 7.45. The standard InChI is InChI=1S/C19H30FN/c1-5-21-18-12-14(2)10-11-16(18)19(3,4)13-15-8-6-7-9-17(15)20/h6-9,14,16,18,21H,5,10-13H2,1-4H3. The molecule has 0 bridgehead atoms. The zero-order valence-corrected chi connectivity index (χ0v) is 14.0. The number of halogens is 1. The lowest BCUT2D eigenvalue weighted by molar-refractivity contribution is 0.0942. The predicted molar refractivity (Wildman–Crippen MR) is 87.9 cm³/mol. The number of rotatable bonds is 5. The summed E-state index contributed by atoms with van der Waals surface area (Å²) in [6, 6.07) is 7.80. The first-order chi connectivity index (χ1) is 9.94. The highest BCUT2D eigenvalue weighted by molar-refractivity contribution is 5.19. The van der Waals surface area contributed by atoms with Gasteiger partial charge in [0.1, 0.15) is 5.82 Å². The molecular formula is C19H30FN. The van der Waals surface area contributed by atoms with Crippen LogP contribution in [0.1, 0.15) is 52.5 Å². The van der Waals surface area contributed by atoms with E-state index in [1.807, 2.05) is 12.1 Å². The number of benzene rings is 1. The fraction of sp³-hybridized carbons (Fsp3) is 0.684. The van der Waals surface area contributed by atoms with E-state index in [0.717, 1.165) is 24.4 Å². The Bertz CT molecular complexity index is 455. The molecule has 1 N–H and O–H groups in total. The number of hydrogen-bond donors (Lipinski definition) is 1. The summed E-state index contributed by atoms with van der Waals surface area (Å²) < 4.78 is 14.0. The Balaban J connectivity index is 2.14. The van der Waals surface area contributed by atoms with Gasteiger partial charge >= 0.3 is 0 Å².